The lowest BCUT2D eigenvalue weighted by molar-refractivity contribution is 0.208. The molecule has 2 heterocycles. The van der Waals surface area contributed by atoms with Gasteiger partial charge >= 0.3 is 6.03 Å². The lowest BCUT2D eigenvalue weighted by atomic mass is 10.1. The summed E-state index contributed by atoms with van der Waals surface area (Å²) in [6.07, 6.45) is 0. The van der Waals surface area contributed by atoms with E-state index in [0.29, 0.717) is 26.2 Å². The molecule has 7 heteroatoms. The van der Waals surface area contributed by atoms with E-state index < -0.39 is 0 Å². The van der Waals surface area contributed by atoms with Crippen LogP contribution in [0.25, 0.3) is 5.69 Å². The van der Waals surface area contributed by atoms with Gasteiger partial charge in [-0.1, -0.05) is 12.1 Å². The van der Waals surface area contributed by atoms with Crippen LogP contribution in [0.1, 0.15) is 22.3 Å². The Kier molecular flexibility index (Phi) is 5.99. The Hall–Kier alpha value is -3.61. The van der Waals surface area contributed by atoms with Crippen molar-refractivity contribution in [1.82, 2.24) is 14.7 Å². The Bertz CT molecular complexity index is 1190. The molecule has 4 rings (SSSR count). The molecular weight excluding hydrogens is 402 g/mol. The van der Waals surface area contributed by atoms with E-state index in [0.717, 1.165) is 33.9 Å². The van der Waals surface area contributed by atoms with Gasteiger partial charge in [-0.25, -0.2) is 4.79 Å². The fourth-order valence-electron chi connectivity index (χ4n) is 4.00. The van der Waals surface area contributed by atoms with Gasteiger partial charge in [-0.15, -0.1) is 5.10 Å². The number of urea groups is 1. The standard InChI is InChI=1S/C25H29N5O2/c1-17-13-18(2)15-21(14-17)26-25(32)29-11-9-28(10-12-29)23-7-8-24(31)30(27-23)22-6-5-19(3)20(4)16-22/h5-8,13-16H,9-12H2,1-4H3,(H,26,32). The molecule has 1 saturated heterocycles. The van der Waals surface area contributed by atoms with Crippen LogP contribution in [0.3, 0.4) is 0 Å². The summed E-state index contributed by atoms with van der Waals surface area (Å²) in [5.41, 5.74) is 5.94. The van der Waals surface area contributed by atoms with E-state index >= 15 is 0 Å². The Balaban J connectivity index is 1.44. The number of aryl methyl sites for hydroxylation is 4. The van der Waals surface area contributed by atoms with Crippen molar-refractivity contribution in [1.29, 1.82) is 0 Å². The van der Waals surface area contributed by atoms with Gasteiger partial charge in [0.05, 0.1) is 5.69 Å². The first-order valence-corrected chi connectivity index (χ1v) is 10.9. The first-order chi connectivity index (χ1) is 15.3. The molecule has 2 amide bonds. The summed E-state index contributed by atoms with van der Waals surface area (Å²) in [4.78, 5) is 29.1. The summed E-state index contributed by atoms with van der Waals surface area (Å²) in [5, 5.41) is 7.61. The topological polar surface area (TPSA) is 70.5 Å². The zero-order valence-corrected chi connectivity index (χ0v) is 19.1. The van der Waals surface area contributed by atoms with Gasteiger partial charge in [0.1, 0.15) is 5.82 Å². The largest absolute Gasteiger partial charge is 0.352 e. The minimum absolute atomic E-state index is 0.0947. The number of carbonyl (C=O) groups is 1. The lowest BCUT2D eigenvalue weighted by Crippen LogP contribution is -2.50. The van der Waals surface area contributed by atoms with Crippen molar-refractivity contribution in [2.75, 3.05) is 36.4 Å². The van der Waals surface area contributed by atoms with Gasteiger partial charge in [0.15, 0.2) is 0 Å². The Labute approximate surface area is 188 Å². The normalized spacial score (nSPS) is 13.9. The highest BCUT2D eigenvalue weighted by molar-refractivity contribution is 5.89. The molecule has 1 aliphatic heterocycles. The molecule has 32 heavy (non-hydrogen) atoms. The van der Waals surface area contributed by atoms with Crippen molar-refractivity contribution < 1.29 is 4.79 Å². The second-order valence-electron chi connectivity index (χ2n) is 8.49. The molecule has 3 aromatic rings. The van der Waals surface area contributed by atoms with E-state index in [-0.39, 0.29) is 11.6 Å². The van der Waals surface area contributed by atoms with Crippen molar-refractivity contribution in [3.8, 4) is 5.69 Å². The highest BCUT2D eigenvalue weighted by atomic mass is 16.2. The van der Waals surface area contributed by atoms with Crippen LogP contribution in [0, 0.1) is 27.7 Å². The minimum Gasteiger partial charge on any atom is -0.352 e. The van der Waals surface area contributed by atoms with Crippen LogP contribution in [0.4, 0.5) is 16.3 Å². The second kappa shape index (κ2) is 8.86. The van der Waals surface area contributed by atoms with Crippen LogP contribution in [-0.4, -0.2) is 46.9 Å². The summed E-state index contributed by atoms with van der Waals surface area (Å²) in [6.45, 7) is 10.6. The third-order valence-electron chi connectivity index (χ3n) is 5.89. The number of nitrogens with zero attached hydrogens (tertiary/aromatic N) is 4. The molecule has 7 nitrogen and oxygen atoms in total. The van der Waals surface area contributed by atoms with E-state index in [1.807, 2.05) is 62.9 Å². The predicted molar refractivity (Wildman–Crippen MR) is 128 cm³/mol. The maximum Gasteiger partial charge on any atom is 0.321 e. The number of piperazine rings is 1. The average molecular weight is 432 g/mol. The summed E-state index contributed by atoms with van der Waals surface area (Å²) < 4.78 is 1.45. The van der Waals surface area contributed by atoms with Crippen LogP contribution in [0.15, 0.2) is 53.3 Å². The van der Waals surface area contributed by atoms with Gasteiger partial charge in [-0.05, 0) is 80.3 Å². The highest BCUT2D eigenvalue weighted by Crippen LogP contribution is 2.18. The lowest BCUT2D eigenvalue weighted by Gasteiger charge is -2.35. The van der Waals surface area contributed by atoms with Gasteiger partial charge in [-0.2, -0.15) is 4.68 Å². The number of carbonyl (C=O) groups excluding carboxylic acids is 1. The molecule has 0 unspecified atom stereocenters. The number of rotatable bonds is 3. The average Bonchev–Trinajstić information content (AvgIpc) is 2.75. The molecule has 0 radical (unpaired) electrons. The van der Waals surface area contributed by atoms with E-state index in [1.165, 1.54) is 10.2 Å². The van der Waals surface area contributed by atoms with Crippen molar-refractivity contribution in [3.05, 3.63) is 81.1 Å². The van der Waals surface area contributed by atoms with Crippen LogP contribution >= 0.6 is 0 Å². The molecule has 0 aliphatic carbocycles. The van der Waals surface area contributed by atoms with Gasteiger partial charge in [0.2, 0.25) is 0 Å². The van der Waals surface area contributed by atoms with E-state index in [2.05, 4.69) is 21.4 Å². The van der Waals surface area contributed by atoms with E-state index in [4.69, 9.17) is 0 Å². The maximum atomic E-state index is 12.7. The van der Waals surface area contributed by atoms with E-state index in [1.54, 1.807) is 12.1 Å². The monoisotopic (exact) mass is 431 g/mol. The third-order valence-corrected chi connectivity index (χ3v) is 5.89. The highest BCUT2D eigenvalue weighted by Gasteiger charge is 2.22. The first kappa shape index (κ1) is 21.6. The summed E-state index contributed by atoms with van der Waals surface area (Å²) in [7, 11) is 0. The fourth-order valence-corrected chi connectivity index (χ4v) is 4.00. The van der Waals surface area contributed by atoms with Crippen LogP contribution in [0.2, 0.25) is 0 Å². The summed E-state index contributed by atoms with van der Waals surface area (Å²) >= 11 is 0. The SMILES string of the molecule is Cc1cc(C)cc(NC(=O)N2CCN(c3ccc(=O)n(-c4ccc(C)c(C)c4)n3)CC2)c1. The van der Waals surface area contributed by atoms with Gasteiger partial charge in [0, 0.05) is 37.9 Å². The molecule has 0 bridgehead atoms. The molecule has 1 N–H and O–H groups in total. The summed E-state index contributed by atoms with van der Waals surface area (Å²) in [6, 6.07) is 15.1. The molecular formula is C25H29N5O2. The van der Waals surface area contributed by atoms with Crippen molar-refractivity contribution >= 4 is 17.5 Å². The molecule has 1 fully saturated rings. The van der Waals surface area contributed by atoms with Crippen LogP contribution < -0.4 is 15.8 Å². The zero-order valence-electron chi connectivity index (χ0n) is 19.1. The van der Waals surface area contributed by atoms with Crippen molar-refractivity contribution in [3.63, 3.8) is 0 Å². The molecule has 0 saturated carbocycles. The Morgan fingerprint density at radius 3 is 2.19 bits per heavy atom. The third kappa shape index (κ3) is 4.66. The van der Waals surface area contributed by atoms with Crippen molar-refractivity contribution in [2.45, 2.75) is 27.7 Å². The number of hydrogen-bond acceptors (Lipinski definition) is 4. The molecule has 166 valence electrons. The number of hydrogen-bond donors (Lipinski definition) is 1. The zero-order chi connectivity index (χ0) is 22.8. The quantitative estimate of drug-likeness (QED) is 0.684. The number of aromatic nitrogens is 2. The maximum absolute atomic E-state index is 12.7. The minimum atomic E-state index is -0.163. The predicted octanol–water partition coefficient (Wildman–Crippen LogP) is 3.82. The second-order valence-corrected chi connectivity index (χ2v) is 8.49. The van der Waals surface area contributed by atoms with Gasteiger partial charge in [0.25, 0.3) is 5.56 Å². The van der Waals surface area contributed by atoms with Gasteiger partial charge < -0.3 is 15.1 Å². The number of amides is 2. The Morgan fingerprint density at radius 1 is 0.844 bits per heavy atom. The van der Waals surface area contributed by atoms with Crippen LogP contribution in [-0.2, 0) is 0 Å². The fraction of sp³-hybridized carbons (Fsp3) is 0.320. The van der Waals surface area contributed by atoms with Crippen molar-refractivity contribution in [2.24, 2.45) is 0 Å². The molecule has 0 atom stereocenters. The first-order valence-electron chi connectivity index (χ1n) is 10.9. The Morgan fingerprint density at radius 2 is 1.53 bits per heavy atom. The number of anilines is 2. The van der Waals surface area contributed by atoms with Gasteiger partial charge in [-0.3, -0.25) is 4.79 Å². The number of benzene rings is 2. The molecule has 1 aliphatic rings. The smallest absolute Gasteiger partial charge is 0.321 e. The number of nitrogens with one attached hydrogen (secondary N) is 1. The van der Waals surface area contributed by atoms with E-state index in [9.17, 15) is 9.59 Å². The molecule has 1 aromatic heterocycles. The molecule has 2 aromatic carbocycles. The summed E-state index contributed by atoms with van der Waals surface area (Å²) in [5.74, 6) is 0.734. The molecule has 0 spiro atoms. The van der Waals surface area contributed by atoms with Crippen LogP contribution in [0.5, 0.6) is 0 Å².